The second-order valence-corrected chi connectivity index (χ2v) is 6.95. The second-order valence-electron chi connectivity index (χ2n) is 6.95. The molecule has 0 amide bonds. The topological polar surface area (TPSA) is 50.4 Å². The summed E-state index contributed by atoms with van der Waals surface area (Å²) in [6.07, 6.45) is 19.4. The lowest BCUT2D eigenvalue weighted by Gasteiger charge is -2.03. The zero-order valence-electron chi connectivity index (χ0n) is 15.5. The van der Waals surface area contributed by atoms with Gasteiger partial charge in [0.15, 0.2) is 0 Å². The number of aryl methyl sites for hydroxylation is 1. The maximum absolute atomic E-state index is 11.1. The summed E-state index contributed by atoms with van der Waals surface area (Å²) in [5, 5.41) is 9.35. The summed E-state index contributed by atoms with van der Waals surface area (Å²) >= 11 is 0. The summed E-state index contributed by atoms with van der Waals surface area (Å²) in [5.41, 5.74) is -0.463. The largest absolute Gasteiger partial charge is 0.508 e. The Labute approximate surface area is 147 Å². The predicted molar refractivity (Wildman–Crippen MR) is 101 cm³/mol. The van der Waals surface area contributed by atoms with Gasteiger partial charge in [0.1, 0.15) is 11.5 Å². The van der Waals surface area contributed by atoms with Gasteiger partial charge in [0.05, 0.1) is 6.07 Å². The Bertz CT molecular complexity index is 464. The van der Waals surface area contributed by atoms with Crippen LogP contribution in [-0.2, 0) is 6.42 Å². The Kier molecular flexibility index (Phi) is 12.2. The fraction of sp³-hybridized carbons (Fsp3) is 0.762. The average molecular weight is 337 g/mol. The van der Waals surface area contributed by atoms with Crippen LogP contribution in [-0.4, -0.2) is 5.11 Å². The van der Waals surface area contributed by atoms with Gasteiger partial charge in [0.25, 0.3) is 0 Å². The van der Waals surface area contributed by atoms with E-state index in [2.05, 4.69) is 6.92 Å². The lowest BCUT2D eigenvalue weighted by Crippen LogP contribution is -1.98. The van der Waals surface area contributed by atoms with Crippen LogP contribution in [0.4, 0.5) is 0 Å². The number of hydrogen-bond acceptors (Lipinski definition) is 3. The van der Waals surface area contributed by atoms with E-state index in [0.29, 0.717) is 5.76 Å². The highest BCUT2D eigenvalue weighted by atomic mass is 16.4. The molecule has 0 saturated heterocycles. The van der Waals surface area contributed by atoms with E-state index in [9.17, 15) is 9.90 Å². The Morgan fingerprint density at radius 1 is 0.750 bits per heavy atom. The monoisotopic (exact) mass is 336 g/mol. The van der Waals surface area contributed by atoms with Crippen LogP contribution in [0.25, 0.3) is 0 Å². The Balaban J connectivity index is 1.84. The summed E-state index contributed by atoms with van der Waals surface area (Å²) in [5.74, 6) is 0.602. The molecule has 0 aliphatic heterocycles. The van der Waals surface area contributed by atoms with Gasteiger partial charge in [-0.25, -0.2) is 4.79 Å². The summed E-state index contributed by atoms with van der Waals surface area (Å²) in [6, 6.07) is 2.65. The molecule has 1 aromatic rings. The van der Waals surface area contributed by atoms with Gasteiger partial charge in [-0.3, -0.25) is 0 Å². The van der Waals surface area contributed by atoms with E-state index >= 15 is 0 Å². The van der Waals surface area contributed by atoms with Crippen LogP contribution in [0.2, 0.25) is 0 Å². The molecule has 0 saturated carbocycles. The highest BCUT2D eigenvalue weighted by Gasteiger charge is 2.01. The normalized spacial score (nSPS) is 11.0. The summed E-state index contributed by atoms with van der Waals surface area (Å²) in [7, 11) is 0. The third kappa shape index (κ3) is 11.3. The Morgan fingerprint density at radius 2 is 1.21 bits per heavy atom. The third-order valence-corrected chi connectivity index (χ3v) is 4.58. The standard InChI is InChI=1S/C21H36O3/c1-2-3-4-5-6-7-8-9-10-11-12-13-14-15-16-20-17-19(22)18-21(23)24-20/h17-18,22H,2-16H2,1H3. The zero-order valence-corrected chi connectivity index (χ0v) is 15.5. The van der Waals surface area contributed by atoms with Gasteiger partial charge in [0.2, 0.25) is 0 Å². The van der Waals surface area contributed by atoms with E-state index in [1.165, 1.54) is 77.0 Å². The minimum absolute atomic E-state index is 0.00612. The minimum Gasteiger partial charge on any atom is -0.508 e. The zero-order chi connectivity index (χ0) is 17.5. The number of aromatic hydroxyl groups is 1. The summed E-state index contributed by atoms with van der Waals surface area (Å²) in [6.45, 7) is 2.27. The van der Waals surface area contributed by atoms with Gasteiger partial charge in [-0.15, -0.1) is 0 Å². The van der Waals surface area contributed by atoms with E-state index in [1.54, 1.807) is 6.07 Å². The molecule has 1 N–H and O–H groups in total. The molecule has 138 valence electrons. The lowest BCUT2D eigenvalue weighted by atomic mass is 10.0. The highest BCUT2D eigenvalue weighted by Crippen LogP contribution is 2.14. The molecule has 0 bridgehead atoms. The smallest absolute Gasteiger partial charge is 0.339 e. The molecule has 24 heavy (non-hydrogen) atoms. The molecule has 0 unspecified atom stereocenters. The lowest BCUT2D eigenvalue weighted by molar-refractivity contribution is 0.418. The van der Waals surface area contributed by atoms with Crippen molar-refractivity contribution in [1.82, 2.24) is 0 Å². The van der Waals surface area contributed by atoms with E-state index < -0.39 is 5.63 Å². The molecule has 0 aromatic carbocycles. The Morgan fingerprint density at radius 3 is 1.67 bits per heavy atom. The van der Waals surface area contributed by atoms with Crippen molar-refractivity contribution < 1.29 is 9.52 Å². The van der Waals surface area contributed by atoms with Crippen LogP contribution >= 0.6 is 0 Å². The van der Waals surface area contributed by atoms with Crippen molar-refractivity contribution in [2.45, 2.75) is 103 Å². The fourth-order valence-corrected chi connectivity index (χ4v) is 3.13. The van der Waals surface area contributed by atoms with E-state index in [-0.39, 0.29) is 5.75 Å². The van der Waals surface area contributed by atoms with E-state index in [0.717, 1.165) is 25.3 Å². The van der Waals surface area contributed by atoms with Crippen molar-refractivity contribution >= 4 is 0 Å². The van der Waals surface area contributed by atoms with E-state index in [4.69, 9.17) is 4.42 Å². The average Bonchev–Trinajstić information content (AvgIpc) is 2.54. The van der Waals surface area contributed by atoms with E-state index in [1.807, 2.05) is 0 Å². The molecule has 1 heterocycles. The highest BCUT2D eigenvalue weighted by molar-refractivity contribution is 5.18. The van der Waals surface area contributed by atoms with Crippen LogP contribution in [0.5, 0.6) is 5.75 Å². The Hall–Kier alpha value is -1.25. The maximum atomic E-state index is 11.1. The van der Waals surface area contributed by atoms with Crippen molar-refractivity contribution in [2.24, 2.45) is 0 Å². The molecular formula is C21H36O3. The minimum atomic E-state index is -0.463. The van der Waals surface area contributed by atoms with Crippen molar-refractivity contribution in [1.29, 1.82) is 0 Å². The van der Waals surface area contributed by atoms with Crippen molar-refractivity contribution in [3.8, 4) is 5.75 Å². The fourth-order valence-electron chi connectivity index (χ4n) is 3.13. The molecule has 1 rings (SSSR count). The van der Waals surface area contributed by atoms with Crippen molar-refractivity contribution in [3.63, 3.8) is 0 Å². The van der Waals surface area contributed by atoms with Gasteiger partial charge in [-0.1, -0.05) is 90.4 Å². The molecule has 0 aliphatic carbocycles. The van der Waals surface area contributed by atoms with Gasteiger partial charge in [0, 0.05) is 12.5 Å². The first-order chi connectivity index (χ1) is 11.7. The molecule has 0 atom stereocenters. The summed E-state index contributed by atoms with van der Waals surface area (Å²) in [4.78, 5) is 11.1. The van der Waals surface area contributed by atoms with Crippen LogP contribution in [0, 0.1) is 0 Å². The quantitative estimate of drug-likeness (QED) is 0.379. The molecule has 0 spiro atoms. The second kappa shape index (κ2) is 14.1. The van der Waals surface area contributed by atoms with Crippen LogP contribution in [0.15, 0.2) is 21.3 Å². The van der Waals surface area contributed by atoms with Gasteiger partial charge >= 0.3 is 5.63 Å². The van der Waals surface area contributed by atoms with Crippen LogP contribution in [0.1, 0.15) is 103 Å². The molecule has 3 heteroatoms. The molecule has 0 fully saturated rings. The van der Waals surface area contributed by atoms with Gasteiger partial charge in [-0.05, 0) is 6.42 Å². The van der Waals surface area contributed by atoms with Gasteiger partial charge < -0.3 is 9.52 Å². The summed E-state index contributed by atoms with van der Waals surface area (Å²) < 4.78 is 5.06. The number of hydrogen-bond donors (Lipinski definition) is 1. The molecule has 1 aromatic heterocycles. The molecule has 0 aliphatic rings. The predicted octanol–water partition coefficient (Wildman–Crippen LogP) is 6.37. The van der Waals surface area contributed by atoms with Crippen LogP contribution in [0.3, 0.4) is 0 Å². The first kappa shape index (κ1) is 20.8. The first-order valence-corrected chi connectivity index (χ1v) is 10.1. The molecule has 3 nitrogen and oxygen atoms in total. The van der Waals surface area contributed by atoms with Crippen molar-refractivity contribution in [3.05, 3.63) is 28.3 Å². The maximum Gasteiger partial charge on any atom is 0.339 e. The van der Waals surface area contributed by atoms with Crippen molar-refractivity contribution in [2.75, 3.05) is 0 Å². The number of rotatable bonds is 15. The molecular weight excluding hydrogens is 300 g/mol. The van der Waals surface area contributed by atoms with Gasteiger partial charge in [-0.2, -0.15) is 0 Å². The van der Waals surface area contributed by atoms with Crippen LogP contribution < -0.4 is 5.63 Å². The first-order valence-electron chi connectivity index (χ1n) is 10.1. The SMILES string of the molecule is CCCCCCCCCCCCCCCCc1cc(O)cc(=O)o1. The third-order valence-electron chi connectivity index (χ3n) is 4.58. The number of unbranched alkanes of at least 4 members (excludes halogenated alkanes) is 13. The molecule has 0 radical (unpaired) electrons.